The first-order valence-corrected chi connectivity index (χ1v) is 7.11. The average molecular weight is 330 g/mol. The fraction of sp³-hybridized carbons (Fsp3) is 0.118. The van der Waals surface area contributed by atoms with E-state index in [1.54, 1.807) is 6.08 Å². The van der Waals surface area contributed by atoms with E-state index in [-0.39, 0.29) is 5.78 Å². The molecule has 2 nitrogen and oxygen atoms in total. The Bertz CT molecular complexity index is 633. The molecule has 0 heterocycles. The van der Waals surface area contributed by atoms with Crippen LogP contribution in [0.3, 0.4) is 0 Å². The highest BCUT2D eigenvalue weighted by Gasteiger charge is 2.03. The summed E-state index contributed by atoms with van der Waals surface area (Å²) in [6.07, 6.45) is 3.44. The van der Waals surface area contributed by atoms with Gasteiger partial charge in [-0.2, -0.15) is 0 Å². The van der Waals surface area contributed by atoms with Gasteiger partial charge < -0.3 is 4.90 Å². The third-order valence-corrected chi connectivity index (χ3v) is 3.57. The van der Waals surface area contributed by atoms with Crippen molar-refractivity contribution in [2.24, 2.45) is 0 Å². The second-order valence-corrected chi connectivity index (χ2v) is 5.52. The summed E-state index contributed by atoms with van der Waals surface area (Å²) in [5.41, 5.74) is 2.80. The zero-order valence-corrected chi connectivity index (χ0v) is 13.1. The molecular weight excluding hydrogens is 314 g/mol. The Labute approximate surface area is 127 Å². The van der Waals surface area contributed by atoms with E-state index in [4.69, 9.17) is 0 Å². The summed E-state index contributed by atoms with van der Waals surface area (Å²) in [6.45, 7) is 0. The highest BCUT2D eigenvalue weighted by molar-refractivity contribution is 9.10. The van der Waals surface area contributed by atoms with Crippen LogP contribution in [0.2, 0.25) is 0 Å². The van der Waals surface area contributed by atoms with Crippen LogP contribution in [-0.2, 0) is 0 Å². The molecule has 0 bridgehead atoms. The minimum absolute atomic E-state index is 0.0124. The van der Waals surface area contributed by atoms with E-state index in [2.05, 4.69) is 15.9 Å². The van der Waals surface area contributed by atoms with Gasteiger partial charge in [0.2, 0.25) is 0 Å². The van der Waals surface area contributed by atoms with Crippen LogP contribution in [0.1, 0.15) is 15.9 Å². The van der Waals surface area contributed by atoms with E-state index in [1.807, 2.05) is 73.6 Å². The Kier molecular flexibility index (Phi) is 4.74. The number of allylic oxidation sites excluding steroid dienone is 1. The Morgan fingerprint density at radius 1 is 1.10 bits per heavy atom. The van der Waals surface area contributed by atoms with Gasteiger partial charge in [-0.05, 0) is 39.7 Å². The number of nitrogens with zero attached hydrogens (tertiary/aromatic N) is 1. The Morgan fingerprint density at radius 3 is 2.40 bits per heavy atom. The molecule has 0 aliphatic rings. The van der Waals surface area contributed by atoms with Crippen LogP contribution >= 0.6 is 15.9 Å². The van der Waals surface area contributed by atoms with Crippen molar-refractivity contribution in [1.29, 1.82) is 0 Å². The molecule has 0 amide bonds. The van der Waals surface area contributed by atoms with Crippen molar-refractivity contribution < 1.29 is 4.79 Å². The number of hydrogen-bond acceptors (Lipinski definition) is 2. The average Bonchev–Trinajstić information content (AvgIpc) is 2.45. The van der Waals surface area contributed by atoms with Gasteiger partial charge in [-0.25, -0.2) is 0 Å². The molecule has 20 heavy (non-hydrogen) atoms. The molecule has 102 valence electrons. The molecule has 0 aromatic heterocycles. The summed E-state index contributed by atoms with van der Waals surface area (Å²) in [6, 6.07) is 15.3. The SMILES string of the molecule is CN(C)c1ccc(/C=C/C(=O)c2ccccc2)cc1Br. The number of carbonyl (C=O) groups is 1. The second kappa shape index (κ2) is 6.53. The van der Waals surface area contributed by atoms with Crippen LogP contribution in [0.25, 0.3) is 6.08 Å². The van der Waals surface area contributed by atoms with E-state index in [0.717, 1.165) is 15.7 Å². The molecule has 0 aliphatic carbocycles. The molecule has 3 heteroatoms. The van der Waals surface area contributed by atoms with Crippen LogP contribution in [0.5, 0.6) is 0 Å². The summed E-state index contributed by atoms with van der Waals surface area (Å²) < 4.78 is 1.01. The lowest BCUT2D eigenvalue weighted by Crippen LogP contribution is -2.09. The largest absolute Gasteiger partial charge is 0.377 e. The number of rotatable bonds is 4. The third kappa shape index (κ3) is 3.58. The molecule has 0 saturated heterocycles. The number of ketones is 1. The highest BCUT2D eigenvalue weighted by Crippen LogP contribution is 2.26. The summed E-state index contributed by atoms with van der Waals surface area (Å²) in [4.78, 5) is 14.0. The number of halogens is 1. The van der Waals surface area contributed by atoms with Gasteiger partial charge in [0.25, 0.3) is 0 Å². The summed E-state index contributed by atoms with van der Waals surface area (Å²) in [7, 11) is 3.99. The van der Waals surface area contributed by atoms with Crippen molar-refractivity contribution in [3.8, 4) is 0 Å². The summed E-state index contributed by atoms with van der Waals surface area (Å²) in [5.74, 6) is 0.0124. The smallest absolute Gasteiger partial charge is 0.185 e. The van der Waals surface area contributed by atoms with Gasteiger partial charge in [0.05, 0.1) is 5.69 Å². The minimum Gasteiger partial charge on any atom is -0.377 e. The summed E-state index contributed by atoms with van der Waals surface area (Å²) in [5, 5.41) is 0. The van der Waals surface area contributed by atoms with E-state index in [0.29, 0.717) is 5.56 Å². The maximum atomic E-state index is 12.0. The van der Waals surface area contributed by atoms with Gasteiger partial charge >= 0.3 is 0 Å². The number of anilines is 1. The first-order chi connectivity index (χ1) is 9.58. The van der Waals surface area contributed by atoms with Crippen molar-refractivity contribution in [3.63, 3.8) is 0 Å². The van der Waals surface area contributed by atoms with E-state index in [9.17, 15) is 4.79 Å². The maximum absolute atomic E-state index is 12.0. The molecule has 0 radical (unpaired) electrons. The van der Waals surface area contributed by atoms with Crippen LogP contribution in [0, 0.1) is 0 Å². The van der Waals surface area contributed by atoms with Crippen LogP contribution in [0.15, 0.2) is 59.1 Å². The molecule has 0 N–H and O–H groups in total. The van der Waals surface area contributed by atoms with Crippen molar-refractivity contribution >= 4 is 33.5 Å². The number of carbonyl (C=O) groups excluding carboxylic acids is 1. The van der Waals surface area contributed by atoms with Crippen LogP contribution in [0.4, 0.5) is 5.69 Å². The molecule has 0 saturated carbocycles. The maximum Gasteiger partial charge on any atom is 0.185 e. The quantitative estimate of drug-likeness (QED) is 0.611. The molecule has 0 fully saturated rings. The Balaban J connectivity index is 2.16. The topological polar surface area (TPSA) is 20.3 Å². The van der Waals surface area contributed by atoms with Crippen molar-refractivity contribution in [2.45, 2.75) is 0 Å². The molecule has 2 rings (SSSR count). The van der Waals surface area contributed by atoms with E-state index < -0.39 is 0 Å². The monoisotopic (exact) mass is 329 g/mol. The van der Waals surface area contributed by atoms with Crippen molar-refractivity contribution in [3.05, 3.63) is 70.2 Å². The normalized spacial score (nSPS) is 10.8. The van der Waals surface area contributed by atoms with Crippen molar-refractivity contribution in [1.82, 2.24) is 0 Å². The Hall–Kier alpha value is -1.87. The third-order valence-electron chi connectivity index (χ3n) is 2.94. The van der Waals surface area contributed by atoms with Crippen LogP contribution in [-0.4, -0.2) is 19.9 Å². The number of benzene rings is 2. The van der Waals surface area contributed by atoms with Crippen molar-refractivity contribution in [2.75, 3.05) is 19.0 Å². The van der Waals surface area contributed by atoms with E-state index >= 15 is 0 Å². The molecule has 2 aromatic carbocycles. The molecule has 2 aromatic rings. The lowest BCUT2D eigenvalue weighted by molar-refractivity contribution is 0.104. The zero-order chi connectivity index (χ0) is 14.5. The fourth-order valence-electron chi connectivity index (χ4n) is 1.86. The molecule has 0 aliphatic heterocycles. The van der Waals surface area contributed by atoms with Crippen LogP contribution < -0.4 is 4.90 Å². The predicted molar refractivity (Wildman–Crippen MR) is 88.3 cm³/mol. The lowest BCUT2D eigenvalue weighted by Gasteiger charge is -2.14. The van der Waals surface area contributed by atoms with Gasteiger partial charge in [0, 0.05) is 24.1 Å². The second-order valence-electron chi connectivity index (χ2n) is 4.67. The first-order valence-electron chi connectivity index (χ1n) is 6.32. The fourth-order valence-corrected chi connectivity index (χ4v) is 2.61. The molecule has 0 atom stereocenters. The highest BCUT2D eigenvalue weighted by atomic mass is 79.9. The standard InChI is InChI=1S/C17H16BrNO/c1-19(2)16-10-8-13(12-15(16)18)9-11-17(20)14-6-4-3-5-7-14/h3-12H,1-2H3/b11-9+. The van der Waals surface area contributed by atoms with Gasteiger partial charge in [-0.3, -0.25) is 4.79 Å². The first kappa shape index (κ1) is 14.5. The lowest BCUT2D eigenvalue weighted by atomic mass is 10.1. The van der Waals surface area contributed by atoms with Gasteiger partial charge in [0.1, 0.15) is 0 Å². The van der Waals surface area contributed by atoms with Gasteiger partial charge in [-0.15, -0.1) is 0 Å². The molecule has 0 spiro atoms. The van der Waals surface area contributed by atoms with Gasteiger partial charge in [0.15, 0.2) is 5.78 Å². The molecule has 0 unspecified atom stereocenters. The molecular formula is C17H16BrNO. The Morgan fingerprint density at radius 2 is 1.80 bits per heavy atom. The zero-order valence-electron chi connectivity index (χ0n) is 11.5. The number of hydrogen-bond donors (Lipinski definition) is 0. The predicted octanol–water partition coefficient (Wildman–Crippen LogP) is 4.41. The minimum atomic E-state index is 0.0124. The van der Waals surface area contributed by atoms with Gasteiger partial charge in [-0.1, -0.05) is 42.5 Å². The summed E-state index contributed by atoms with van der Waals surface area (Å²) >= 11 is 3.54. The van der Waals surface area contributed by atoms with E-state index in [1.165, 1.54) is 0 Å².